The average molecular weight is 1650 g/mol. The highest BCUT2D eigenvalue weighted by atomic mass is 16.8. The Morgan fingerprint density at radius 3 is 0.633 bits per heavy atom. The summed E-state index contributed by atoms with van der Waals surface area (Å²) in [5, 5.41) is 0. The van der Waals surface area contributed by atoms with E-state index in [0.717, 1.165) is 49.3 Å². The molecule has 16 rings (SSSR count). The number of nitrogens with zero attached hydrogens (tertiary/aromatic N) is 4. The lowest BCUT2D eigenvalue weighted by Crippen LogP contribution is -2.70. The molecule has 7 aromatic carbocycles. The lowest BCUT2D eigenvalue weighted by atomic mass is 9.93. The fourth-order valence-electron chi connectivity index (χ4n) is 17.0. The molecule has 0 saturated carbocycles. The Balaban J connectivity index is 0.905. The molecule has 20 atom stereocenters. The highest BCUT2D eigenvalue weighted by Gasteiger charge is 2.64. The van der Waals surface area contributed by atoms with E-state index in [1.165, 1.54) is 97.1 Å². The van der Waals surface area contributed by atoms with Gasteiger partial charge in [0.1, 0.15) is 66.9 Å². The average Bonchev–Trinajstić information content (AvgIpc) is 1.55. The van der Waals surface area contributed by atoms with Crippen molar-refractivity contribution in [3.8, 4) is 0 Å². The quantitative estimate of drug-likeness (QED) is 0.0536. The van der Waals surface area contributed by atoms with Crippen molar-refractivity contribution < 1.29 is 138 Å². The van der Waals surface area contributed by atoms with Crippen LogP contribution in [0.4, 0.5) is 0 Å². The molecule has 7 aromatic rings. The molecule has 8 bridgehead atoms. The number of benzene rings is 7. The predicted octanol–water partition coefficient (Wildman–Crippen LogP) is 6.04. The highest BCUT2D eigenvalue weighted by molar-refractivity contribution is 6.24. The normalized spacial score (nSPS) is 29.7. The Morgan fingerprint density at radius 1 is 0.258 bits per heavy atom. The number of carbonyl (C=O) groups is 13. The van der Waals surface area contributed by atoms with Crippen LogP contribution in [0.15, 0.2) is 188 Å². The second kappa shape index (κ2) is 34.8. The van der Waals surface area contributed by atoms with Crippen molar-refractivity contribution in [1.29, 1.82) is 0 Å². The van der Waals surface area contributed by atoms with Gasteiger partial charge in [0.15, 0.2) is 55.7 Å². The van der Waals surface area contributed by atoms with Crippen molar-refractivity contribution >= 4 is 77.1 Å². The number of esters is 5. The van der Waals surface area contributed by atoms with Crippen LogP contribution in [0.1, 0.15) is 134 Å². The Bertz CT molecular complexity index is 4990. The van der Waals surface area contributed by atoms with Crippen LogP contribution in [0.3, 0.4) is 0 Å². The van der Waals surface area contributed by atoms with Crippen LogP contribution >= 0.6 is 0 Å². The maximum atomic E-state index is 15.4. The van der Waals surface area contributed by atoms with E-state index in [1.54, 1.807) is 91.0 Å². The minimum atomic E-state index is -2.13. The van der Waals surface area contributed by atoms with Crippen LogP contribution < -0.4 is 0 Å². The van der Waals surface area contributed by atoms with Crippen molar-refractivity contribution in [3.63, 3.8) is 0 Å². The molecule has 33 heteroatoms. The van der Waals surface area contributed by atoms with Gasteiger partial charge in [0.05, 0.1) is 90.8 Å². The Morgan fingerprint density at radius 2 is 0.433 bits per heavy atom. The number of hydrogen-bond donors (Lipinski definition) is 0. The van der Waals surface area contributed by atoms with Gasteiger partial charge in [-0.2, -0.15) is 0 Å². The van der Waals surface area contributed by atoms with Gasteiger partial charge >= 0.3 is 29.8 Å². The third-order valence-corrected chi connectivity index (χ3v) is 22.0. The molecule has 0 unspecified atom stereocenters. The lowest BCUT2D eigenvalue weighted by Gasteiger charge is -2.51. The Labute approximate surface area is 684 Å². The zero-order valence-electron chi connectivity index (χ0n) is 65.0. The van der Waals surface area contributed by atoms with Gasteiger partial charge in [0, 0.05) is 34.6 Å². The summed E-state index contributed by atoms with van der Waals surface area (Å²) < 4.78 is 108. The first-order chi connectivity index (χ1) is 58.0. The summed E-state index contributed by atoms with van der Waals surface area (Å²) in [5.74, 6) is -12.7. The topological polar surface area (TPSA) is 383 Å². The number of rotatable bonds is 18. The fraction of sp³-hybridized carbons (Fsp3) is 0.368. The zero-order chi connectivity index (χ0) is 83.9. The molecule has 5 fully saturated rings. The molecule has 0 aliphatic carbocycles. The summed E-state index contributed by atoms with van der Waals surface area (Å²) in [4.78, 5) is 196. The largest absolute Gasteiger partial charge is 0.457 e. The Kier molecular flexibility index (Phi) is 23.7. The maximum absolute atomic E-state index is 15.4. The van der Waals surface area contributed by atoms with Crippen LogP contribution in [0, 0.1) is 0 Å². The van der Waals surface area contributed by atoms with Crippen LogP contribution in [0.25, 0.3) is 0 Å². The van der Waals surface area contributed by atoms with Gasteiger partial charge in [-0.3, -0.25) is 81.9 Å². The van der Waals surface area contributed by atoms with Gasteiger partial charge < -0.3 is 75.8 Å². The second-order valence-electron chi connectivity index (χ2n) is 29.7. The van der Waals surface area contributed by atoms with Crippen molar-refractivity contribution in [2.24, 2.45) is 0 Å². The van der Waals surface area contributed by atoms with Crippen molar-refractivity contribution in [1.82, 2.24) is 19.6 Å². The molecule has 33 nitrogen and oxygen atoms in total. The minimum absolute atomic E-state index is 0.0836. The molecule has 9 heterocycles. The minimum Gasteiger partial charge on any atom is -0.457 e. The van der Waals surface area contributed by atoms with E-state index in [9.17, 15) is 24.0 Å². The maximum Gasteiger partial charge on any atom is 0.303 e. The number of fused-ring (bicyclic) bond motifs is 12. The molecule has 0 radical (unpaired) electrons. The summed E-state index contributed by atoms with van der Waals surface area (Å²) in [6.07, 6.45) is -30.2. The Hall–Kier alpha value is -12.0. The molecule has 622 valence electrons. The first-order valence-corrected chi connectivity index (χ1v) is 38.8. The van der Waals surface area contributed by atoms with Crippen molar-refractivity contribution in [3.05, 3.63) is 249 Å². The van der Waals surface area contributed by atoms with Crippen molar-refractivity contribution in [2.45, 2.75) is 177 Å². The van der Waals surface area contributed by atoms with Gasteiger partial charge in [-0.15, -0.1) is 0 Å². The van der Waals surface area contributed by atoms with Gasteiger partial charge in [-0.25, -0.2) is 0 Å². The summed E-state index contributed by atoms with van der Waals surface area (Å²) in [7, 11) is 0. The number of imide groups is 4. The van der Waals surface area contributed by atoms with Crippen LogP contribution in [-0.2, 0) is 120 Å². The third kappa shape index (κ3) is 15.9. The number of ether oxygens (including phenoxy) is 16. The molecule has 9 aliphatic heterocycles. The molecule has 120 heavy (non-hydrogen) atoms. The first kappa shape index (κ1) is 81.7. The molecule has 0 spiro atoms. The third-order valence-electron chi connectivity index (χ3n) is 22.0. The van der Waals surface area contributed by atoms with E-state index >= 15 is 38.4 Å². The van der Waals surface area contributed by atoms with E-state index in [-0.39, 0.29) is 64.3 Å². The van der Waals surface area contributed by atoms with Crippen LogP contribution in [-0.4, -0.2) is 246 Å². The van der Waals surface area contributed by atoms with E-state index in [4.69, 9.17) is 75.8 Å². The molecule has 5 saturated heterocycles. The molecule has 0 aromatic heterocycles. The summed E-state index contributed by atoms with van der Waals surface area (Å²) in [6.45, 7) is 0.524. The standard InChI is InChI=1S/C87H80N4O29/c1-44(92)112-71-63-43-111-86-66(90-80(101)56-33-19-20-34-57(56)81(90)102)74(115-47(4)95)69(106-38-50-25-11-7-12-26-50)61(119-86)41-109-84-64(88-76(97)52-29-15-16-30-53(52)77(88)98)72(113-45(2)93)68(105-37-49-23-9-6-10-24-49)60(117-84)40-108-85-65(89-78(99)54-31-17-18-32-55(54)79(89)100)73(114-46(3)94)70(107-39-51-27-13-8-14-28-51)62(118-85)42-110-87(120-63)67(75(71)116-48(5)96)91-82(103)58-35-21-22-36-59(58)83(91)104/h6-36,60-75,84-87H,37-43H2,1-5H3/t60-,61-,62-,63-,64-,65-,66-,67-,68-,69-,70-,71-,72-,73-,74-,75-,84-,85-,86-,87-/m1/s1. The van der Waals surface area contributed by atoms with Crippen LogP contribution in [0.2, 0.25) is 0 Å². The molecular weight excluding hydrogens is 1560 g/mol. The van der Waals surface area contributed by atoms with Gasteiger partial charge in [-0.1, -0.05) is 140 Å². The van der Waals surface area contributed by atoms with E-state index in [2.05, 4.69) is 0 Å². The number of hydrogen-bond acceptors (Lipinski definition) is 29. The summed E-state index contributed by atoms with van der Waals surface area (Å²) in [5.41, 5.74) is 0.789. The smallest absolute Gasteiger partial charge is 0.303 e. The first-order valence-electron chi connectivity index (χ1n) is 38.8. The van der Waals surface area contributed by atoms with E-state index in [1.807, 2.05) is 0 Å². The summed E-state index contributed by atoms with van der Waals surface area (Å²) >= 11 is 0. The van der Waals surface area contributed by atoms with E-state index < -0.39 is 226 Å². The second-order valence-corrected chi connectivity index (χ2v) is 29.7. The highest BCUT2D eigenvalue weighted by Crippen LogP contribution is 2.44. The van der Waals surface area contributed by atoms with Gasteiger partial charge in [0.2, 0.25) is 0 Å². The fourth-order valence-corrected chi connectivity index (χ4v) is 17.0. The number of carbonyl (C=O) groups excluding carboxylic acids is 13. The molecule has 8 amide bonds. The van der Waals surface area contributed by atoms with Crippen LogP contribution in [0.5, 0.6) is 0 Å². The SMILES string of the molecule is CC(=O)O[C@H]1[C@H](OCc2ccccc2)[C@H]2CO[C@@H]3O[C@H](CO[C@@H]4O[C@H](CO[C@@H]5O[C@H](CO[C@H](O2)[C@@H]1N1C(=O)c2ccccc2C1=O)[C@@H](OCc1ccccc1)[C@H](OC(C)=O)[C@H]5N1C(=O)c2ccccc2C1=O)[C@@H](OC(C)=O)[C@H](OC(C)=O)[C@H]4N1C(=O)c2ccccc2C1=O)[C@@H](OCc1ccccc1)[C@H](OC(C)=O)[C@H]3N1C(=O)c2ccccc2C1=O. The van der Waals surface area contributed by atoms with Crippen molar-refractivity contribution in [2.75, 3.05) is 26.4 Å². The predicted molar refractivity (Wildman–Crippen MR) is 404 cm³/mol. The molecule has 0 N–H and O–H groups in total. The van der Waals surface area contributed by atoms with E-state index in [0.29, 0.717) is 21.6 Å². The monoisotopic (exact) mass is 1640 g/mol. The lowest BCUT2D eigenvalue weighted by molar-refractivity contribution is -0.346. The number of amides is 8. The van der Waals surface area contributed by atoms with Gasteiger partial charge in [-0.05, 0) is 65.2 Å². The molecule has 9 aliphatic rings. The van der Waals surface area contributed by atoms with Gasteiger partial charge in [0.25, 0.3) is 47.3 Å². The molecular formula is C87H80N4O29. The summed E-state index contributed by atoms with van der Waals surface area (Å²) in [6, 6.07) is 41.3. The zero-order valence-corrected chi connectivity index (χ0v) is 65.0.